The summed E-state index contributed by atoms with van der Waals surface area (Å²) in [5.41, 5.74) is 6.25. The van der Waals surface area contributed by atoms with Crippen LogP contribution >= 0.6 is 0 Å². The molecule has 1 aromatic rings. The predicted molar refractivity (Wildman–Crippen MR) is 116 cm³/mol. The Kier molecular flexibility index (Phi) is 6.29. The number of cyclic esters (lactones) is 1. The fraction of sp³-hybridized carbons (Fsp3) is 0.636. The highest BCUT2D eigenvalue weighted by atomic mass is 28.4. The van der Waals surface area contributed by atoms with Crippen LogP contribution in [0.2, 0.25) is 18.1 Å². The van der Waals surface area contributed by atoms with E-state index in [0.29, 0.717) is 11.3 Å². The van der Waals surface area contributed by atoms with E-state index in [1.807, 2.05) is 0 Å². The zero-order valence-corrected chi connectivity index (χ0v) is 19.5. The molecular formula is C22H33FN2O4Si. The molecule has 1 saturated heterocycles. The normalized spacial score (nSPS) is 25.3. The van der Waals surface area contributed by atoms with Gasteiger partial charge in [0.25, 0.3) is 5.91 Å². The van der Waals surface area contributed by atoms with E-state index in [2.05, 4.69) is 33.9 Å². The number of rotatable bonds is 5. The number of benzene rings is 1. The molecule has 166 valence electrons. The molecule has 2 aliphatic rings. The molecule has 2 amide bonds. The lowest BCUT2D eigenvalue weighted by molar-refractivity contribution is -0.124. The second kappa shape index (κ2) is 8.30. The number of anilines is 1. The number of nitrogens with zero attached hydrogens (tertiary/aromatic N) is 1. The largest absolute Gasteiger partial charge is 0.434 e. The average Bonchev–Trinajstić information content (AvgIpc) is 3.03. The number of hydrogen-bond acceptors (Lipinski definition) is 4. The van der Waals surface area contributed by atoms with E-state index >= 15 is 0 Å². The first kappa shape index (κ1) is 22.7. The van der Waals surface area contributed by atoms with Gasteiger partial charge in [-0.3, -0.25) is 9.69 Å². The molecule has 1 heterocycles. The van der Waals surface area contributed by atoms with Gasteiger partial charge in [0.15, 0.2) is 14.4 Å². The van der Waals surface area contributed by atoms with Gasteiger partial charge in [0.2, 0.25) is 0 Å². The van der Waals surface area contributed by atoms with Crippen molar-refractivity contribution in [3.8, 4) is 0 Å². The Morgan fingerprint density at radius 2 is 1.87 bits per heavy atom. The number of halogens is 1. The minimum absolute atomic E-state index is 0.00283. The molecule has 0 radical (unpaired) electrons. The fourth-order valence-electron chi connectivity index (χ4n) is 3.92. The molecule has 0 bridgehead atoms. The Bertz CT molecular complexity index is 816. The number of carbonyl (C=O) groups excluding carboxylic acids is 2. The van der Waals surface area contributed by atoms with Gasteiger partial charge in [0.1, 0.15) is 5.82 Å². The summed E-state index contributed by atoms with van der Waals surface area (Å²) in [4.78, 5) is 24.5. The summed E-state index contributed by atoms with van der Waals surface area (Å²) in [5.74, 6) is -0.904. The van der Waals surface area contributed by atoms with Crippen molar-refractivity contribution in [3.63, 3.8) is 0 Å². The Morgan fingerprint density at radius 3 is 2.37 bits per heavy atom. The summed E-state index contributed by atoms with van der Waals surface area (Å²) in [5, 5.41) is 0.177. The highest BCUT2D eigenvalue weighted by molar-refractivity contribution is 6.74. The Balaban J connectivity index is 1.63. The molecule has 6 nitrogen and oxygen atoms in total. The molecule has 0 aromatic heterocycles. The van der Waals surface area contributed by atoms with Crippen LogP contribution in [-0.2, 0) is 14.0 Å². The Labute approximate surface area is 179 Å². The topological polar surface area (TPSA) is 81.9 Å². The molecule has 30 heavy (non-hydrogen) atoms. The third kappa shape index (κ3) is 4.69. The highest BCUT2D eigenvalue weighted by Gasteiger charge is 2.40. The average molecular weight is 437 g/mol. The maximum absolute atomic E-state index is 14.9. The van der Waals surface area contributed by atoms with Gasteiger partial charge in [-0.15, -0.1) is 0 Å². The van der Waals surface area contributed by atoms with E-state index in [1.54, 1.807) is 12.1 Å². The Hall–Kier alpha value is -1.93. The minimum atomic E-state index is -1.80. The van der Waals surface area contributed by atoms with Gasteiger partial charge in [-0.25, -0.2) is 9.18 Å². The van der Waals surface area contributed by atoms with E-state index in [-0.39, 0.29) is 29.4 Å². The number of nitrogens with two attached hydrogens (primary N) is 1. The van der Waals surface area contributed by atoms with E-state index < -0.39 is 26.4 Å². The highest BCUT2D eigenvalue weighted by Crippen LogP contribution is 2.42. The second-order valence-corrected chi connectivity index (χ2v) is 14.7. The molecule has 2 N–H and O–H groups in total. The van der Waals surface area contributed by atoms with Gasteiger partial charge < -0.3 is 14.9 Å². The first-order valence-corrected chi connectivity index (χ1v) is 13.5. The van der Waals surface area contributed by atoms with Crippen LogP contribution in [0, 0.1) is 5.82 Å². The smallest absolute Gasteiger partial charge is 0.415 e. The lowest BCUT2D eigenvalue weighted by Gasteiger charge is -2.41. The third-order valence-electron chi connectivity index (χ3n) is 6.81. The Morgan fingerprint density at radius 1 is 1.23 bits per heavy atom. The maximum Gasteiger partial charge on any atom is 0.415 e. The van der Waals surface area contributed by atoms with Crippen LogP contribution in [0.3, 0.4) is 0 Å². The lowest BCUT2D eigenvalue weighted by Crippen LogP contribution is -2.44. The fourth-order valence-corrected chi connectivity index (χ4v) is 5.34. The summed E-state index contributed by atoms with van der Waals surface area (Å²) in [6, 6.07) is 4.80. The third-order valence-corrected chi connectivity index (χ3v) is 11.3. The molecule has 1 aliphatic heterocycles. The van der Waals surface area contributed by atoms with E-state index in [0.717, 1.165) is 25.7 Å². The number of primary amides is 1. The molecule has 1 unspecified atom stereocenters. The number of hydrogen-bond donors (Lipinski definition) is 1. The van der Waals surface area contributed by atoms with E-state index in [4.69, 9.17) is 14.9 Å². The van der Waals surface area contributed by atoms with Gasteiger partial charge in [-0.1, -0.05) is 26.8 Å². The first-order valence-electron chi connectivity index (χ1n) is 10.6. The first-order chi connectivity index (χ1) is 13.9. The van der Waals surface area contributed by atoms with Crippen molar-refractivity contribution < 1.29 is 23.1 Å². The van der Waals surface area contributed by atoms with Gasteiger partial charge in [-0.05, 0) is 67.4 Å². The van der Waals surface area contributed by atoms with Gasteiger partial charge in [-0.2, -0.15) is 0 Å². The molecule has 1 atom stereocenters. The van der Waals surface area contributed by atoms with Gasteiger partial charge >= 0.3 is 6.09 Å². The maximum atomic E-state index is 14.9. The molecule has 8 heteroatoms. The number of carbonyl (C=O) groups is 2. The molecule has 1 aromatic carbocycles. The van der Waals surface area contributed by atoms with E-state index in [9.17, 15) is 14.0 Å². The zero-order valence-electron chi connectivity index (χ0n) is 18.5. The van der Waals surface area contributed by atoms with Crippen LogP contribution in [0.5, 0.6) is 0 Å². The summed E-state index contributed by atoms with van der Waals surface area (Å²) in [6.07, 6.45) is 2.17. The van der Waals surface area contributed by atoms with Crippen molar-refractivity contribution >= 4 is 26.0 Å². The molecular weight excluding hydrogens is 403 g/mol. The molecule has 2 fully saturated rings. The minimum Gasteiger partial charge on any atom is -0.434 e. The monoisotopic (exact) mass is 436 g/mol. The number of ether oxygens (including phenoxy) is 1. The SMILES string of the molecule is CC(C)(C)[Si](C)(C)OC1CCC(c2ccc(N3CC(C(N)=O)OC3=O)cc2F)CC1. The summed E-state index contributed by atoms with van der Waals surface area (Å²) in [7, 11) is -1.80. The predicted octanol–water partition coefficient (Wildman–Crippen LogP) is 4.68. The van der Waals surface area contributed by atoms with Crippen molar-refractivity contribution in [3.05, 3.63) is 29.6 Å². The quantitative estimate of drug-likeness (QED) is 0.679. The lowest BCUT2D eigenvalue weighted by atomic mass is 9.82. The summed E-state index contributed by atoms with van der Waals surface area (Å²) < 4.78 is 26.4. The molecule has 3 rings (SSSR count). The van der Waals surface area contributed by atoms with Crippen LogP contribution in [-0.4, -0.2) is 39.1 Å². The molecule has 0 spiro atoms. The van der Waals surface area contributed by atoms with Gasteiger partial charge in [0, 0.05) is 6.10 Å². The summed E-state index contributed by atoms with van der Waals surface area (Å²) in [6.45, 7) is 11.3. The zero-order chi connectivity index (χ0) is 22.3. The van der Waals surface area contributed by atoms with Crippen molar-refractivity contribution in [1.29, 1.82) is 0 Å². The number of amides is 2. The standard InChI is InChI=1S/C22H33FN2O4Si/c1-22(2,3)30(4,5)29-16-9-6-14(7-10-16)17-11-8-15(12-18(17)23)25-13-19(20(24)26)28-21(25)27/h8,11-12,14,16,19H,6-7,9-10,13H2,1-5H3,(H2,24,26). The van der Waals surface area contributed by atoms with Crippen molar-refractivity contribution in [1.82, 2.24) is 0 Å². The van der Waals surface area contributed by atoms with Crippen LogP contribution in [0.4, 0.5) is 14.9 Å². The van der Waals surface area contributed by atoms with Gasteiger partial charge in [0.05, 0.1) is 12.2 Å². The molecule has 1 aliphatic carbocycles. The molecule has 1 saturated carbocycles. The van der Waals surface area contributed by atoms with Crippen LogP contribution in [0.25, 0.3) is 0 Å². The summed E-state index contributed by atoms with van der Waals surface area (Å²) >= 11 is 0. The van der Waals surface area contributed by atoms with Crippen LogP contribution in [0.15, 0.2) is 18.2 Å². The van der Waals surface area contributed by atoms with Crippen molar-refractivity contribution in [2.75, 3.05) is 11.4 Å². The van der Waals surface area contributed by atoms with E-state index in [1.165, 1.54) is 11.0 Å². The second-order valence-electron chi connectivity index (χ2n) is 9.94. The van der Waals surface area contributed by atoms with Crippen LogP contribution < -0.4 is 10.6 Å². The van der Waals surface area contributed by atoms with Crippen LogP contribution in [0.1, 0.15) is 57.9 Å². The van der Waals surface area contributed by atoms with Crippen molar-refractivity contribution in [2.45, 2.75) is 82.7 Å². The van der Waals surface area contributed by atoms with Crippen molar-refractivity contribution in [2.24, 2.45) is 5.73 Å².